The minimum atomic E-state index is -0.190. The van der Waals surface area contributed by atoms with Crippen molar-refractivity contribution in [3.63, 3.8) is 0 Å². The lowest BCUT2D eigenvalue weighted by Crippen LogP contribution is -2.41. The average Bonchev–Trinajstić information content (AvgIpc) is 2.89. The number of nitrogens with zero attached hydrogens (tertiary/aromatic N) is 3. The van der Waals surface area contributed by atoms with Gasteiger partial charge in [-0.05, 0) is 32.9 Å². The van der Waals surface area contributed by atoms with Crippen molar-refractivity contribution in [2.75, 3.05) is 25.0 Å². The summed E-state index contributed by atoms with van der Waals surface area (Å²) >= 11 is 0. The van der Waals surface area contributed by atoms with Gasteiger partial charge in [0.05, 0.1) is 0 Å². The number of anilines is 1. The zero-order valence-corrected chi connectivity index (χ0v) is 13.6. The van der Waals surface area contributed by atoms with Gasteiger partial charge >= 0.3 is 0 Å². The largest absolute Gasteiger partial charge is 0.423 e. The Morgan fingerprint density at radius 1 is 1.33 bits per heavy atom. The standard InChI is InChI=1S/C16H26N4O/c1-12(20-8-6-5-7-9-20)11-18-14-13(10-17)19-15(21-14)16(2,3)4/h12,18H,5-9,11H2,1-4H3/t12-/m1/s1. The smallest absolute Gasteiger partial charge is 0.232 e. The van der Waals surface area contributed by atoms with E-state index >= 15 is 0 Å². The molecule has 116 valence electrons. The molecule has 0 unspecified atom stereocenters. The Balaban J connectivity index is 1.99. The van der Waals surface area contributed by atoms with Crippen molar-refractivity contribution in [1.29, 1.82) is 5.26 Å². The van der Waals surface area contributed by atoms with Gasteiger partial charge in [-0.15, -0.1) is 0 Å². The van der Waals surface area contributed by atoms with Crippen molar-refractivity contribution in [2.24, 2.45) is 0 Å². The van der Waals surface area contributed by atoms with Crippen LogP contribution in [-0.2, 0) is 5.41 Å². The van der Waals surface area contributed by atoms with Gasteiger partial charge in [0.2, 0.25) is 17.5 Å². The fourth-order valence-corrected chi connectivity index (χ4v) is 2.57. The van der Waals surface area contributed by atoms with E-state index in [4.69, 9.17) is 4.42 Å². The maximum absolute atomic E-state index is 9.19. The molecule has 2 heterocycles. The Kier molecular flexibility index (Phi) is 4.89. The molecule has 0 saturated carbocycles. The van der Waals surface area contributed by atoms with E-state index in [9.17, 15) is 5.26 Å². The predicted molar refractivity (Wildman–Crippen MR) is 83.3 cm³/mol. The summed E-state index contributed by atoms with van der Waals surface area (Å²) in [6.45, 7) is 11.4. The quantitative estimate of drug-likeness (QED) is 0.923. The van der Waals surface area contributed by atoms with Gasteiger partial charge in [0, 0.05) is 18.0 Å². The van der Waals surface area contributed by atoms with Gasteiger partial charge in [-0.25, -0.2) is 0 Å². The molecule has 1 saturated heterocycles. The van der Waals surface area contributed by atoms with Crippen LogP contribution >= 0.6 is 0 Å². The molecule has 1 N–H and O–H groups in total. The van der Waals surface area contributed by atoms with E-state index in [0.29, 0.717) is 23.5 Å². The van der Waals surface area contributed by atoms with E-state index in [2.05, 4.69) is 28.2 Å². The van der Waals surface area contributed by atoms with Crippen LogP contribution in [0.2, 0.25) is 0 Å². The molecule has 1 aliphatic rings. The van der Waals surface area contributed by atoms with Gasteiger partial charge in [-0.1, -0.05) is 27.2 Å². The first kappa shape index (κ1) is 15.8. The summed E-state index contributed by atoms with van der Waals surface area (Å²) in [7, 11) is 0. The molecular formula is C16H26N4O. The third-order valence-corrected chi connectivity index (χ3v) is 3.95. The summed E-state index contributed by atoms with van der Waals surface area (Å²) in [5.41, 5.74) is 0.162. The molecule has 1 aromatic rings. The Bertz CT molecular complexity index is 503. The predicted octanol–water partition coefficient (Wildman–Crippen LogP) is 3.13. The molecule has 0 aromatic carbocycles. The molecule has 0 aliphatic carbocycles. The van der Waals surface area contributed by atoms with Crippen LogP contribution < -0.4 is 5.32 Å². The summed E-state index contributed by atoms with van der Waals surface area (Å²) < 4.78 is 5.74. The lowest BCUT2D eigenvalue weighted by atomic mass is 9.97. The molecular weight excluding hydrogens is 264 g/mol. The summed E-state index contributed by atoms with van der Waals surface area (Å²) in [4.78, 5) is 6.78. The first-order chi connectivity index (χ1) is 9.91. The van der Waals surface area contributed by atoms with Crippen molar-refractivity contribution in [3.05, 3.63) is 11.6 Å². The molecule has 0 amide bonds. The number of piperidine rings is 1. The SMILES string of the molecule is C[C@H](CNc1oc(C(C)(C)C)nc1C#N)N1CCCCC1. The van der Waals surface area contributed by atoms with E-state index in [0.717, 1.165) is 19.6 Å². The Hall–Kier alpha value is -1.54. The molecule has 1 aliphatic heterocycles. The molecule has 1 atom stereocenters. The topological polar surface area (TPSA) is 65.1 Å². The van der Waals surface area contributed by atoms with Crippen LogP contribution in [0.5, 0.6) is 0 Å². The van der Waals surface area contributed by atoms with Crippen molar-refractivity contribution >= 4 is 5.88 Å². The molecule has 5 nitrogen and oxygen atoms in total. The van der Waals surface area contributed by atoms with Gasteiger partial charge in [0.15, 0.2) is 0 Å². The Labute approximate surface area is 127 Å². The number of nitrogens with one attached hydrogen (secondary N) is 1. The number of hydrogen-bond acceptors (Lipinski definition) is 5. The fraction of sp³-hybridized carbons (Fsp3) is 0.750. The number of nitriles is 1. The second-order valence-electron chi connectivity index (χ2n) is 6.89. The molecule has 0 spiro atoms. The highest BCUT2D eigenvalue weighted by Gasteiger charge is 2.24. The van der Waals surface area contributed by atoms with E-state index < -0.39 is 0 Å². The molecule has 0 radical (unpaired) electrons. The molecule has 1 aromatic heterocycles. The summed E-state index contributed by atoms with van der Waals surface area (Å²) in [6, 6.07) is 2.54. The number of likely N-dealkylation sites (tertiary alicyclic amines) is 1. The van der Waals surface area contributed by atoms with Gasteiger partial charge in [0.1, 0.15) is 6.07 Å². The van der Waals surface area contributed by atoms with Gasteiger partial charge in [-0.3, -0.25) is 4.90 Å². The number of oxazole rings is 1. The third-order valence-electron chi connectivity index (χ3n) is 3.95. The van der Waals surface area contributed by atoms with E-state index in [1.807, 2.05) is 20.8 Å². The second-order valence-corrected chi connectivity index (χ2v) is 6.89. The number of hydrogen-bond donors (Lipinski definition) is 1. The van der Waals surface area contributed by atoms with Gasteiger partial charge in [0.25, 0.3) is 0 Å². The third kappa shape index (κ3) is 3.98. The maximum Gasteiger partial charge on any atom is 0.232 e. The normalized spacial score (nSPS) is 18.2. The van der Waals surface area contributed by atoms with Crippen molar-refractivity contribution in [3.8, 4) is 6.07 Å². The van der Waals surface area contributed by atoms with Crippen molar-refractivity contribution in [2.45, 2.75) is 58.4 Å². The van der Waals surface area contributed by atoms with Crippen LogP contribution in [0.25, 0.3) is 0 Å². The monoisotopic (exact) mass is 290 g/mol. The van der Waals surface area contributed by atoms with Crippen LogP contribution in [0.15, 0.2) is 4.42 Å². The highest BCUT2D eigenvalue weighted by atomic mass is 16.4. The first-order valence-corrected chi connectivity index (χ1v) is 7.81. The van der Waals surface area contributed by atoms with Crippen molar-refractivity contribution in [1.82, 2.24) is 9.88 Å². The van der Waals surface area contributed by atoms with Crippen LogP contribution in [0.3, 0.4) is 0 Å². The van der Waals surface area contributed by atoms with Crippen molar-refractivity contribution < 1.29 is 4.42 Å². The van der Waals surface area contributed by atoms with Gasteiger partial charge in [-0.2, -0.15) is 10.2 Å². The van der Waals surface area contributed by atoms with Crippen LogP contribution in [0, 0.1) is 11.3 Å². The van der Waals surface area contributed by atoms with Gasteiger partial charge < -0.3 is 9.73 Å². The molecule has 1 fully saturated rings. The highest BCUT2D eigenvalue weighted by Crippen LogP contribution is 2.26. The average molecular weight is 290 g/mol. The lowest BCUT2D eigenvalue weighted by Gasteiger charge is -2.32. The second kappa shape index (κ2) is 6.48. The maximum atomic E-state index is 9.19. The van der Waals surface area contributed by atoms with E-state index in [1.54, 1.807) is 0 Å². The minimum absolute atomic E-state index is 0.190. The molecule has 5 heteroatoms. The highest BCUT2D eigenvalue weighted by molar-refractivity contribution is 5.45. The Morgan fingerprint density at radius 3 is 2.57 bits per heavy atom. The zero-order valence-electron chi connectivity index (χ0n) is 13.6. The summed E-state index contributed by atoms with van der Waals surface area (Å²) in [6.07, 6.45) is 3.90. The molecule has 0 bridgehead atoms. The molecule has 21 heavy (non-hydrogen) atoms. The fourth-order valence-electron chi connectivity index (χ4n) is 2.57. The van der Waals surface area contributed by atoms with Crippen LogP contribution in [0.4, 0.5) is 5.88 Å². The molecule has 2 rings (SSSR count). The summed E-state index contributed by atoms with van der Waals surface area (Å²) in [5, 5.41) is 12.4. The summed E-state index contributed by atoms with van der Waals surface area (Å²) in [5.74, 6) is 1.11. The number of aromatic nitrogens is 1. The van der Waals surface area contributed by atoms with Crippen LogP contribution in [-0.4, -0.2) is 35.6 Å². The Morgan fingerprint density at radius 2 is 2.00 bits per heavy atom. The zero-order chi connectivity index (χ0) is 15.5. The van der Waals surface area contributed by atoms with E-state index in [1.165, 1.54) is 19.3 Å². The first-order valence-electron chi connectivity index (χ1n) is 7.81. The van der Waals surface area contributed by atoms with Crippen LogP contribution in [0.1, 0.15) is 58.5 Å². The van der Waals surface area contributed by atoms with E-state index in [-0.39, 0.29) is 5.41 Å². The lowest BCUT2D eigenvalue weighted by molar-refractivity contribution is 0.180. The number of rotatable bonds is 4. The minimum Gasteiger partial charge on any atom is -0.423 e.